The van der Waals surface area contributed by atoms with Crippen LogP contribution in [-0.2, 0) is 0 Å². The molecule has 29 heavy (non-hydrogen) atoms. The summed E-state index contributed by atoms with van der Waals surface area (Å²) in [6.07, 6.45) is 3.56. The van der Waals surface area contributed by atoms with E-state index in [0.29, 0.717) is 5.56 Å². The first kappa shape index (κ1) is 20.9. The van der Waals surface area contributed by atoms with E-state index < -0.39 is 6.04 Å². The molecule has 1 aliphatic heterocycles. The Hall–Kier alpha value is -2.85. The van der Waals surface area contributed by atoms with Crippen LogP contribution in [0.1, 0.15) is 48.2 Å². The van der Waals surface area contributed by atoms with Gasteiger partial charge in [-0.05, 0) is 45.0 Å². The van der Waals surface area contributed by atoms with Crippen molar-refractivity contribution < 1.29 is 13.7 Å². The molecule has 1 amide bonds. The highest BCUT2D eigenvalue weighted by atomic mass is 35.5. The summed E-state index contributed by atoms with van der Waals surface area (Å²) < 4.78 is 20.3. The summed E-state index contributed by atoms with van der Waals surface area (Å²) in [6.45, 7) is 3.57. The molecule has 0 radical (unpaired) electrons. The van der Waals surface area contributed by atoms with Gasteiger partial charge in [0.15, 0.2) is 5.69 Å². The number of benzene rings is 1. The number of nitrogens with zero attached hydrogens (tertiary/aromatic N) is 5. The van der Waals surface area contributed by atoms with E-state index in [1.807, 2.05) is 0 Å². The van der Waals surface area contributed by atoms with Crippen LogP contribution >= 0.6 is 12.4 Å². The van der Waals surface area contributed by atoms with E-state index in [9.17, 15) is 9.18 Å². The van der Waals surface area contributed by atoms with Gasteiger partial charge in [-0.15, -0.1) is 17.5 Å². The van der Waals surface area contributed by atoms with Gasteiger partial charge in [0, 0.05) is 5.56 Å². The second-order valence-electron chi connectivity index (χ2n) is 6.73. The Morgan fingerprint density at radius 1 is 1.38 bits per heavy atom. The van der Waals surface area contributed by atoms with Crippen LogP contribution < -0.4 is 10.6 Å². The third kappa shape index (κ3) is 4.77. The molecule has 0 aliphatic carbocycles. The van der Waals surface area contributed by atoms with Gasteiger partial charge in [-0.2, -0.15) is 4.98 Å². The lowest BCUT2D eigenvalue weighted by Gasteiger charge is -2.22. The lowest BCUT2D eigenvalue weighted by atomic mass is 10.1. The number of rotatable bonds is 5. The number of aromatic nitrogens is 5. The zero-order chi connectivity index (χ0) is 19.5. The molecule has 1 aliphatic rings. The summed E-state index contributed by atoms with van der Waals surface area (Å²) in [5.41, 5.74) is 0.730. The molecule has 1 aromatic carbocycles. The van der Waals surface area contributed by atoms with Gasteiger partial charge < -0.3 is 15.2 Å². The third-order valence-electron chi connectivity index (χ3n) is 4.67. The van der Waals surface area contributed by atoms with Gasteiger partial charge in [0.1, 0.15) is 11.9 Å². The molecule has 1 fully saturated rings. The Balaban J connectivity index is 0.00000240. The molecule has 1 saturated heterocycles. The van der Waals surface area contributed by atoms with Gasteiger partial charge in [0.25, 0.3) is 5.91 Å². The topological polar surface area (TPSA) is 111 Å². The first-order valence-corrected chi connectivity index (χ1v) is 9.13. The van der Waals surface area contributed by atoms with Crippen LogP contribution in [0.25, 0.3) is 11.4 Å². The number of amides is 1. The van der Waals surface area contributed by atoms with Gasteiger partial charge in [-0.1, -0.05) is 22.5 Å². The molecule has 11 heteroatoms. The van der Waals surface area contributed by atoms with Crippen molar-refractivity contribution in [2.75, 3.05) is 13.1 Å². The summed E-state index contributed by atoms with van der Waals surface area (Å²) in [4.78, 5) is 16.7. The van der Waals surface area contributed by atoms with Crippen LogP contribution in [0.3, 0.4) is 0 Å². The summed E-state index contributed by atoms with van der Waals surface area (Å²) in [5.74, 6) is -0.286. The summed E-state index contributed by atoms with van der Waals surface area (Å²) in [5, 5.41) is 18.0. The average molecular weight is 422 g/mol. The fourth-order valence-corrected chi connectivity index (χ4v) is 3.12. The number of carbonyl (C=O) groups excluding carboxylic acids is 1. The van der Waals surface area contributed by atoms with Crippen molar-refractivity contribution in [3.8, 4) is 11.4 Å². The number of halogens is 2. The van der Waals surface area contributed by atoms with Gasteiger partial charge in [-0.3, -0.25) is 4.79 Å². The average Bonchev–Trinajstić information content (AvgIpc) is 3.39. The Bertz CT molecular complexity index is 971. The zero-order valence-corrected chi connectivity index (χ0v) is 16.5. The number of hydrogen-bond donors (Lipinski definition) is 2. The summed E-state index contributed by atoms with van der Waals surface area (Å²) >= 11 is 0. The highest BCUT2D eigenvalue weighted by molar-refractivity contribution is 5.92. The monoisotopic (exact) mass is 421 g/mol. The fraction of sp³-hybridized carbons (Fsp3) is 0.389. The molecule has 4 rings (SSSR count). The van der Waals surface area contributed by atoms with E-state index in [1.54, 1.807) is 29.9 Å². The Morgan fingerprint density at radius 2 is 2.17 bits per heavy atom. The Labute approximate surface area is 172 Å². The van der Waals surface area contributed by atoms with E-state index in [1.165, 1.54) is 12.1 Å². The van der Waals surface area contributed by atoms with E-state index >= 15 is 0 Å². The van der Waals surface area contributed by atoms with E-state index in [0.717, 1.165) is 25.9 Å². The van der Waals surface area contributed by atoms with Crippen LogP contribution in [0.4, 0.5) is 4.39 Å². The Kier molecular flexibility index (Phi) is 6.55. The van der Waals surface area contributed by atoms with Crippen molar-refractivity contribution in [3.05, 3.63) is 47.9 Å². The standard InChI is InChI=1S/C18H20FN7O2.ClH/c1-11(18-22-16(24-28-18)12-3-2-4-13(19)9-12)21-17(27)15-10-26(25-23-15)14-5-7-20-8-6-14;/h2-4,9-11,14,20H,5-8H2,1H3,(H,21,27);1H. The van der Waals surface area contributed by atoms with Gasteiger partial charge in [-0.25, -0.2) is 9.07 Å². The molecule has 9 nitrogen and oxygen atoms in total. The summed E-state index contributed by atoms with van der Waals surface area (Å²) in [6, 6.07) is 5.61. The molecule has 0 spiro atoms. The second-order valence-corrected chi connectivity index (χ2v) is 6.73. The van der Waals surface area contributed by atoms with Gasteiger partial charge in [0.05, 0.1) is 12.2 Å². The lowest BCUT2D eigenvalue weighted by Crippen LogP contribution is -2.29. The van der Waals surface area contributed by atoms with Crippen LogP contribution in [0.2, 0.25) is 0 Å². The molecule has 1 unspecified atom stereocenters. The van der Waals surface area contributed by atoms with Crippen molar-refractivity contribution >= 4 is 18.3 Å². The van der Waals surface area contributed by atoms with Crippen LogP contribution in [0.5, 0.6) is 0 Å². The number of nitrogens with one attached hydrogen (secondary N) is 2. The number of carbonyl (C=O) groups is 1. The van der Waals surface area contributed by atoms with Gasteiger partial charge in [0.2, 0.25) is 11.7 Å². The maximum Gasteiger partial charge on any atom is 0.274 e. The van der Waals surface area contributed by atoms with E-state index in [4.69, 9.17) is 4.52 Å². The predicted molar refractivity (Wildman–Crippen MR) is 104 cm³/mol. The second kappa shape index (κ2) is 9.10. The van der Waals surface area contributed by atoms with Crippen LogP contribution in [-0.4, -0.2) is 44.1 Å². The van der Waals surface area contributed by atoms with Crippen molar-refractivity contribution in [1.29, 1.82) is 0 Å². The SMILES string of the molecule is CC(NC(=O)c1cn(C2CCNCC2)nn1)c1nc(-c2cccc(F)c2)no1.Cl. The minimum absolute atomic E-state index is 0. The molecule has 0 saturated carbocycles. The van der Waals surface area contributed by atoms with Crippen molar-refractivity contribution in [3.63, 3.8) is 0 Å². The minimum atomic E-state index is -0.536. The molecule has 1 atom stereocenters. The van der Waals surface area contributed by atoms with Gasteiger partial charge >= 0.3 is 0 Å². The number of piperidine rings is 1. The lowest BCUT2D eigenvalue weighted by molar-refractivity contribution is 0.0927. The molecule has 2 N–H and O–H groups in total. The normalized spacial score (nSPS) is 15.5. The first-order valence-electron chi connectivity index (χ1n) is 9.13. The molecule has 154 valence electrons. The predicted octanol–water partition coefficient (Wildman–Crippen LogP) is 2.30. The molecular formula is C18H21ClFN7O2. The van der Waals surface area contributed by atoms with E-state index in [-0.39, 0.29) is 47.6 Å². The van der Waals surface area contributed by atoms with E-state index in [2.05, 4.69) is 31.1 Å². The van der Waals surface area contributed by atoms with Crippen LogP contribution in [0.15, 0.2) is 35.0 Å². The van der Waals surface area contributed by atoms with Crippen molar-refractivity contribution in [2.24, 2.45) is 0 Å². The molecule has 0 bridgehead atoms. The van der Waals surface area contributed by atoms with Crippen molar-refractivity contribution in [1.82, 2.24) is 35.8 Å². The molecule has 2 aromatic heterocycles. The fourth-order valence-electron chi connectivity index (χ4n) is 3.12. The minimum Gasteiger partial charge on any atom is -0.339 e. The quantitative estimate of drug-likeness (QED) is 0.650. The molecule has 3 aromatic rings. The first-order chi connectivity index (χ1) is 13.6. The smallest absolute Gasteiger partial charge is 0.274 e. The highest BCUT2D eigenvalue weighted by Crippen LogP contribution is 2.20. The highest BCUT2D eigenvalue weighted by Gasteiger charge is 2.22. The summed E-state index contributed by atoms with van der Waals surface area (Å²) in [7, 11) is 0. The largest absolute Gasteiger partial charge is 0.339 e. The zero-order valence-electron chi connectivity index (χ0n) is 15.7. The maximum absolute atomic E-state index is 13.4. The number of hydrogen-bond acceptors (Lipinski definition) is 7. The molecule has 3 heterocycles. The van der Waals surface area contributed by atoms with Crippen LogP contribution in [0, 0.1) is 5.82 Å². The third-order valence-corrected chi connectivity index (χ3v) is 4.67. The molecular weight excluding hydrogens is 401 g/mol. The maximum atomic E-state index is 13.4. The Morgan fingerprint density at radius 3 is 2.93 bits per heavy atom. The van der Waals surface area contributed by atoms with Crippen molar-refractivity contribution in [2.45, 2.75) is 31.8 Å².